The van der Waals surface area contributed by atoms with E-state index in [-0.39, 0.29) is 22.9 Å². The minimum atomic E-state index is -3.97. The van der Waals surface area contributed by atoms with Gasteiger partial charge in [0.2, 0.25) is 0 Å². The molecule has 1 aliphatic heterocycles. The number of nitrogens with one attached hydrogen (secondary N) is 1. The molecule has 0 saturated carbocycles. The monoisotopic (exact) mass is 446 g/mol. The molecule has 1 amide bonds. The van der Waals surface area contributed by atoms with Gasteiger partial charge in [-0.05, 0) is 54.6 Å². The highest BCUT2D eigenvalue weighted by Crippen LogP contribution is 2.39. The maximum atomic E-state index is 13.3. The lowest BCUT2D eigenvalue weighted by Crippen LogP contribution is -2.48. The zero-order chi connectivity index (χ0) is 21.3. The number of carbonyl (C=O) groups is 1. The van der Waals surface area contributed by atoms with Crippen molar-refractivity contribution >= 4 is 38.9 Å². The van der Waals surface area contributed by atoms with Crippen LogP contribution in [0.3, 0.4) is 0 Å². The standard InChI is InChI=1S/C21H16ClFN2O4S/c22-14-6-11-19-18(12-14)25(30(27,28)17-4-2-1-3-5-17)13-20(29-19)21(26)24-16-9-7-15(23)8-10-16/h1-12,20H,13H2,(H,24,26)/t20-/m1/s1. The number of hydrogen-bond donors (Lipinski definition) is 1. The van der Waals surface area contributed by atoms with E-state index in [1.54, 1.807) is 24.3 Å². The van der Waals surface area contributed by atoms with Crippen molar-refractivity contribution in [2.24, 2.45) is 0 Å². The third-order valence-corrected chi connectivity index (χ3v) is 6.55. The van der Waals surface area contributed by atoms with Crippen LogP contribution in [0.5, 0.6) is 5.75 Å². The van der Waals surface area contributed by atoms with Gasteiger partial charge in [-0.2, -0.15) is 0 Å². The first-order valence-corrected chi connectivity index (χ1v) is 10.8. The summed E-state index contributed by atoms with van der Waals surface area (Å²) in [4.78, 5) is 12.8. The lowest BCUT2D eigenvalue weighted by atomic mass is 10.2. The van der Waals surface area contributed by atoms with Crippen molar-refractivity contribution in [2.45, 2.75) is 11.0 Å². The van der Waals surface area contributed by atoms with Crippen LogP contribution < -0.4 is 14.4 Å². The number of carbonyl (C=O) groups excluding carboxylic acids is 1. The molecule has 0 fully saturated rings. The maximum Gasteiger partial charge on any atom is 0.267 e. The van der Waals surface area contributed by atoms with Gasteiger partial charge in [0.25, 0.3) is 15.9 Å². The van der Waals surface area contributed by atoms with Crippen molar-refractivity contribution in [3.63, 3.8) is 0 Å². The van der Waals surface area contributed by atoms with Crippen molar-refractivity contribution in [1.29, 1.82) is 0 Å². The average Bonchev–Trinajstić information content (AvgIpc) is 2.75. The number of halogens is 2. The van der Waals surface area contributed by atoms with E-state index < -0.39 is 27.9 Å². The highest BCUT2D eigenvalue weighted by molar-refractivity contribution is 7.92. The van der Waals surface area contributed by atoms with Crippen molar-refractivity contribution < 1.29 is 22.3 Å². The van der Waals surface area contributed by atoms with Crippen LogP contribution in [0.1, 0.15) is 0 Å². The van der Waals surface area contributed by atoms with E-state index in [0.29, 0.717) is 10.7 Å². The van der Waals surface area contributed by atoms with E-state index in [0.717, 1.165) is 4.31 Å². The van der Waals surface area contributed by atoms with Crippen molar-refractivity contribution in [3.8, 4) is 5.75 Å². The van der Waals surface area contributed by atoms with Crippen LogP contribution in [0.25, 0.3) is 0 Å². The molecule has 4 rings (SSSR count). The first-order chi connectivity index (χ1) is 14.3. The molecule has 6 nitrogen and oxygen atoms in total. The van der Waals surface area contributed by atoms with E-state index in [4.69, 9.17) is 16.3 Å². The van der Waals surface area contributed by atoms with Crippen molar-refractivity contribution in [3.05, 3.63) is 83.6 Å². The molecule has 30 heavy (non-hydrogen) atoms. The third kappa shape index (κ3) is 3.96. The Kier molecular flexibility index (Phi) is 5.36. The molecule has 0 spiro atoms. The van der Waals surface area contributed by atoms with Gasteiger partial charge in [0, 0.05) is 10.7 Å². The van der Waals surface area contributed by atoms with E-state index in [1.807, 2.05) is 0 Å². The molecule has 0 radical (unpaired) electrons. The lowest BCUT2D eigenvalue weighted by molar-refractivity contribution is -0.122. The smallest absolute Gasteiger partial charge is 0.267 e. The summed E-state index contributed by atoms with van der Waals surface area (Å²) < 4.78 is 46.5. The molecule has 3 aromatic rings. The number of hydrogen-bond acceptors (Lipinski definition) is 4. The number of amides is 1. The Balaban J connectivity index is 1.68. The second-order valence-electron chi connectivity index (χ2n) is 6.56. The Hall–Kier alpha value is -3.10. The molecule has 1 heterocycles. The molecule has 0 aliphatic carbocycles. The van der Waals surface area contributed by atoms with Gasteiger partial charge >= 0.3 is 0 Å². The summed E-state index contributed by atoms with van der Waals surface area (Å²) in [6, 6.07) is 17.7. The number of fused-ring (bicyclic) bond motifs is 1. The van der Waals surface area contributed by atoms with Gasteiger partial charge in [-0.15, -0.1) is 0 Å². The highest BCUT2D eigenvalue weighted by Gasteiger charge is 2.37. The number of benzene rings is 3. The molecule has 0 unspecified atom stereocenters. The van der Waals surface area contributed by atoms with Gasteiger partial charge in [-0.3, -0.25) is 9.10 Å². The molecule has 0 bridgehead atoms. The molecular formula is C21H16ClFN2O4S. The van der Waals surface area contributed by atoms with Gasteiger partial charge < -0.3 is 10.1 Å². The molecule has 0 saturated heterocycles. The van der Waals surface area contributed by atoms with Crippen molar-refractivity contribution in [2.75, 3.05) is 16.2 Å². The van der Waals surface area contributed by atoms with Crippen LogP contribution in [0, 0.1) is 5.82 Å². The summed E-state index contributed by atoms with van der Waals surface area (Å²) >= 11 is 6.07. The van der Waals surface area contributed by atoms with Gasteiger partial charge in [0.15, 0.2) is 6.10 Å². The fourth-order valence-electron chi connectivity index (χ4n) is 3.06. The second kappa shape index (κ2) is 7.97. The summed E-state index contributed by atoms with van der Waals surface area (Å²) in [6.45, 7) is -0.252. The summed E-state index contributed by atoms with van der Waals surface area (Å²) in [7, 11) is -3.97. The minimum Gasteiger partial charge on any atom is -0.476 e. The summed E-state index contributed by atoms with van der Waals surface area (Å²) in [6.07, 6.45) is -1.12. The molecule has 154 valence electrons. The minimum absolute atomic E-state index is 0.0792. The lowest BCUT2D eigenvalue weighted by Gasteiger charge is -2.34. The highest BCUT2D eigenvalue weighted by atomic mass is 35.5. The molecule has 1 atom stereocenters. The van der Waals surface area contributed by atoms with E-state index in [1.165, 1.54) is 48.5 Å². The van der Waals surface area contributed by atoms with E-state index in [9.17, 15) is 17.6 Å². The summed E-state index contributed by atoms with van der Waals surface area (Å²) in [5.74, 6) is -0.785. The van der Waals surface area contributed by atoms with Gasteiger partial charge in [0.05, 0.1) is 17.1 Å². The zero-order valence-electron chi connectivity index (χ0n) is 15.5. The summed E-state index contributed by atoms with van der Waals surface area (Å²) in [5, 5.41) is 2.95. The van der Waals surface area contributed by atoms with Crippen molar-refractivity contribution in [1.82, 2.24) is 0 Å². The second-order valence-corrected chi connectivity index (χ2v) is 8.86. The molecule has 0 aromatic heterocycles. The predicted molar refractivity (Wildman–Crippen MR) is 112 cm³/mol. The van der Waals surface area contributed by atoms with Gasteiger partial charge in [0.1, 0.15) is 11.6 Å². The Bertz CT molecular complexity index is 1190. The number of sulfonamides is 1. The van der Waals surface area contributed by atoms with Crippen LogP contribution in [-0.2, 0) is 14.8 Å². The number of ether oxygens (including phenoxy) is 1. The van der Waals surface area contributed by atoms with Crippen LogP contribution >= 0.6 is 11.6 Å². The van der Waals surface area contributed by atoms with E-state index >= 15 is 0 Å². The van der Waals surface area contributed by atoms with Crippen LogP contribution in [0.15, 0.2) is 77.7 Å². The van der Waals surface area contributed by atoms with Gasteiger partial charge in [-0.1, -0.05) is 29.8 Å². The predicted octanol–water partition coefficient (Wildman–Crippen LogP) is 4.07. The molecule has 3 aromatic carbocycles. The fourth-order valence-corrected chi connectivity index (χ4v) is 4.72. The van der Waals surface area contributed by atoms with E-state index in [2.05, 4.69) is 5.32 Å². The Morgan fingerprint density at radius 3 is 2.47 bits per heavy atom. The molecule has 9 heteroatoms. The average molecular weight is 447 g/mol. The first-order valence-electron chi connectivity index (χ1n) is 8.95. The van der Waals surface area contributed by atoms with Gasteiger partial charge in [-0.25, -0.2) is 12.8 Å². The topological polar surface area (TPSA) is 75.7 Å². The Labute approximate surface area is 177 Å². The maximum absolute atomic E-state index is 13.3. The SMILES string of the molecule is O=C(Nc1ccc(F)cc1)[C@H]1CN(S(=O)(=O)c2ccccc2)c2cc(Cl)ccc2O1. The number of anilines is 2. The fraction of sp³-hybridized carbons (Fsp3) is 0.0952. The van der Waals surface area contributed by atoms with Crippen LogP contribution in [0.4, 0.5) is 15.8 Å². The normalized spacial score (nSPS) is 15.8. The van der Waals surface area contributed by atoms with Crippen LogP contribution in [-0.4, -0.2) is 27.0 Å². The third-order valence-electron chi connectivity index (χ3n) is 4.53. The molecular weight excluding hydrogens is 431 g/mol. The number of rotatable bonds is 4. The number of nitrogens with zero attached hydrogens (tertiary/aromatic N) is 1. The molecule has 1 aliphatic rings. The Morgan fingerprint density at radius 1 is 1.07 bits per heavy atom. The quantitative estimate of drug-likeness (QED) is 0.655. The molecule has 1 N–H and O–H groups in total. The zero-order valence-corrected chi connectivity index (χ0v) is 17.0. The Morgan fingerprint density at radius 2 is 1.77 bits per heavy atom. The summed E-state index contributed by atoms with van der Waals surface area (Å²) in [5.41, 5.74) is 0.613. The first kappa shape index (κ1) is 20.2. The van der Waals surface area contributed by atoms with Crippen LogP contribution in [0.2, 0.25) is 5.02 Å². The largest absolute Gasteiger partial charge is 0.476 e.